The second kappa shape index (κ2) is 2.93. The van der Waals surface area contributed by atoms with E-state index in [1.165, 1.54) is 0 Å². The number of carbonyl (C=O) groups excluding carboxylic acids is 1. The monoisotopic (exact) mass is 274 g/mol. The van der Waals surface area contributed by atoms with Crippen LogP contribution in [0.25, 0.3) is 0 Å². The number of halogens is 1. The quantitative estimate of drug-likeness (QED) is 0.706. The number of anilines is 2. The fourth-order valence-electron chi connectivity index (χ4n) is 1.16. The summed E-state index contributed by atoms with van der Waals surface area (Å²) >= 11 is 2.20. The van der Waals surface area contributed by atoms with Gasteiger partial charge in [0.1, 0.15) is 0 Å². The molecule has 0 aromatic heterocycles. The largest absolute Gasteiger partial charge is 0.374 e. The Kier molecular flexibility index (Phi) is 1.92. The van der Waals surface area contributed by atoms with Crippen LogP contribution in [0, 0.1) is 3.57 Å². The third kappa shape index (κ3) is 1.26. The third-order valence-corrected chi connectivity index (χ3v) is 2.62. The van der Waals surface area contributed by atoms with Crippen LogP contribution < -0.4 is 10.6 Å². The van der Waals surface area contributed by atoms with E-state index in [-0.39, 0.29) is 5.91 Å². The zero-order chi connectivity index (χ0) is 8.55. The summed E-state index contributed by atoms with van der Waals surface area (Å²) in [6.07, 6.45) is 0. The fourth-order valence-corrected chi connectivity index (χ4v) is 1.79. The highest BCUT2D eigenvalue weighted by molar-refractivity contribution is 14.1. The molecule has 0 unspecified atom stereocenters. The van der Waals surface area contributed by atoms with E-state index in [0.717, 1.165) is 14.9 Å². The molecule has 0 saturated heterocycles. The van der Waals surface area contributed by atoms with E-state index >= 15 is 0 Å². The Labute approximate surface area is 83.7 Å². The second-order valence-corrected chi connectivity index (χ2v) is 3.73. The average Bonchev–Trinajstić information content (AvgIpc) is 2.07. The highest BCUT2D eigenvalue weighted by atomic mass is 127. The smallest absolute Gasteiger partial charge is 0.243 e. The molecule has 1 amide bonds. The van der Waals surface area contributed by atoms with Gasteiger partial charge in [0.25, 0.3) is 0 Å². The van der Waals surface area contributed by atoms with Gasteiger partial charge in [-0.25, -0.2) is 0 Å². The van der Waals surface area contributed by atoms with E-state index in [1.807, 2.05) is 18.2 Å². The molecule has 0 bridgehead atoms. The van der Waals surface area contributed by atoms with E-state index in [1.54, 1.807) is 0 Å². The highest BCUT2D eigenvalue weighted by Crippen LogP contribution is 2.29. The zero-order valence-electron chi connectivity index (χ0n) is 6.23. The van der Waals surface area contributed by atoms with Gasteiger partial charge < -0.3 is 10.6 Å². The molecule has 1 aliphatic rings. The van der Waals surface area contributed by atoms with E-state index < -0.39 is 0 Å². The summed E-state index contributed by atoms with van der Waals surface area (Å²) in [4.78, 5) is 11.0. The van der Waals surface area contributed by atoms with Crippen LogP contribution in [0.3, 0.4) is 0 Å². The highest BCUT2D eigenvalue weighted by Gasteiger charge is 2.15. The maximum atomic E-state index is 11.0. The lowest BCUT2D eigenvalue weighted by molar-refractivity contribution is -0.114. The SMILES string of the molecule is O=C1CNc2cccc(I)c2N1. The minimum absolute atomic E-state index is 0.0200. The van der Waals surface area contributed by atoms with Gasteiger partial charge in [0.05, 0.1) is 17.9 Å². The lowest BCUT2D eigenvalue weighted by Crippen LogP contribution is -2.27. The van der Waals surface area contributed by atoms with Crippen LogP contribution in [-0.2, 0) is 4.79 Å². The van der Waals surface area contributed by atoms with Crippen LogP contribution in [0.1, 0.15) is 0 Å². The minimum Gasteiger partial charge on any atom is -0.374 e. The average molecular weight is 274 g/mol. The van der Waals surface area contributed by atoms with Crippen LogP contribution in [-0.4, -0.2) is 12.5 Å². The molecule has 62 valence electrons. The summed E-state index contributed by atoms with van der Waals surface area (Å²) in [6, 6.07) is 5.88. The molecule has 1 heterocycles. The molecule has 2 N–H and O–H groups in total. The maximum absolute atomic E-state index is 11.0. The predicted octanol–water partition coefficient (Wildman–Crippen LogP) is 1.66. The number of hydrogen-bond acceptors (Lipinski definition) is 2. The molecule has 4 heteroatoms. The predicted molar refractivity (Wildman–Crippen MR) is 56.3 cm³/mol. The Morgan fingerprint density at radius 1 is 1.42 bits per heavy atom. The van der Waals surface area contributed by atoms with Gasteiger partial charge in [-0.3, -0.25) is 4.79 Å². The van der Waals surface area contributed by atoms with Crippen molar-refractivity contribution in [2.45, 2.75) is 0 Å². The molecule has 12 heavy (non-hydrogen) atoms. The Hall–Kier alpha value is -0.780. The van der Waals surface area contributed by atoms with Gasteiger partial charge in [0.2, 0.25) is 5.91 Å². The first kappa shape index (κ1) is 7.85. The third-order valence-electron chi connectivity index (χ3n) is 1.72. The van der Waals surface area contributed by atoms with Gasteiger partial charge in [-0.1, -0.05) is 6.07 Å². The molecule has 1 aromatic rings. The standard InChI is InChI=1S/C8H7IN2O/c9-5-2-1-3-6-8(5)11-7(12)4-10-6/h1-3,10H,4H2,(H,11,12). The summed E-state index contributed by atoms with van der Waals surface area (Å²) in [5.41, 5.74) is 1.90. The number of amides is 1. The number of carbonyl (C=O) groups is 1. The second-order valence-electron chi connectivity index (χ2n) is 2.56. The van der Waals surface area contributed by atoms with Crippen LogP contribution in [0.4, 0.5) is 11.4 Å². The molecule has 0 saturated carbocycles. The molecule has 0 atom stereocenters. The molecule has 1 aromatic carbocycles. The lowest BCUT2D eigenvalue weighted by Gasteiger charge is -2.19. The summed E-state index contributed by atoms with van der Waals surface area (Å²) in [5, 5.41) is 5.86. The van der Waals surface area contributed by atoms with Crippen molar-refractivity contribution >= 4 is 39.9 Å². The van der Waals surface area contributed by atoms with Crippen molar-refractivity contribution < 1.29 is 4.79 Å². The summed E-state index contributed by atoms with van der Waals surface area (Å²) in [5.74, 6) is 0.0200. The number of hydrogen-bond donors (Lipinski definition) is 2. The van der Waals surface area contributed by atoms with Crippen molar-refractivity contribution in [3.63, 3.8) is 0 Å². The van der Waals surface area contributed by atoms with Crippen molar-refractivity contribution in [1.82, 2.24) is 0 Å². The molecule has 0 radical (unpaired) electrons. The molecule has 0 fully saturated rings. The first-order chi connectivity index (χ1) is 5.77. The van der Waals surface area contributed by atoms with Gasteiger partial charge in [0, 0.05) is 3.57 Å². The summed E-state index contributed by atoms with van der Waals surface area (Å²) < 4.78 is 1.06. The summed E-state index contributed by atoms with van der Waals surface area (Å²) in [6.45, 7) is 0.368. The van der Waals surface area contributed by atoms with Gasteiger partial charge in [-0.05, 0) is 34.7 Å². The van der Waals surface area contributed by atoms with Gasteiger partial charge >= 0.3 is 0 Å². The molecular weight excluding hydrogens is 267 g/mol. The van der Waals surface area contributed by atoms with Crippen LogP contribution in [0.15, 0.2) is 18.2 Å². The van der Waals surface area contributed by atoms with Crippen LogP contribution in [0.5, 0.6) is 0 Å². The lowest BCUT2D eigenvalue weighted by atomic mass is 10.2. The van der Waals surface area contributed by atoms with Crippen molar-refractivity contribution in [1.29, 1.82) is 0 Å². The van der Waals surface area contributed by atoms with E-state index in [9.17, 15) is 4.79 Å². The molecular formula is C8H7IN2O. The molecule has 0 aliphatic carbocycles. The first-order valence-corrected chi connectivity index (χ1v) is 4.67. The Bertz CT molecular complexity index is 338. The molecule has 1 aliphatic heterocycles. The van der Waals surface area contributed by atoms with Crippen molar-refractivity contribution in [2.75, 3.05) is 17.2 Å². The fraction of sp³-hybridized carbons (Fsp3) is 0.125. The Morgan fingerprint density at radius 3 is 3.08 bits per heavy atom. The Balaban J connectivity index is 2.50. The van der Waals surface area contributed by atoms with Gasteiger partial charge in [0.15, 0.2) is 0 Å². The minimum atomic E-state index is 0.0200. The zero-order valence-corrected chi connectivity index (χ0v) is 8.38. The number of benzene rings is 1. The van der Waals surface area contributed by atoms with E-state index in [4.69, 9.17) is 0 Å². The number of nitrogens with one attached hydrogen (secondary N) is 2. The van der Waals surface area contributed by atoms with Crippen molar-refractivity contribution in [3.05, 3.63) is 21.8 Å². The summed E-state index contributed by atoms with van der Waals surface area (Å²) in [7, 11) is 0. The van der Waals surface area contributed by atoms with E-state index in [0.29, 0.717) is 6.54 Å². The number of rotatable bonds is 0. The van der Waals surface area contributed by atoms with Crippen molar-refractivity contribution in [2.24, 2.45) is 0 Å². The molecule has 2 rings (SSSR count). The van der Waals surface area contributed by atoms with Gasteiger partial charge in [-0.15, -0.1) is 0 Å². The Morgan fingerprint density at radius 2 is 2.25 bits per heavy atom. The first-order valence-electron chi connectivity index (χ1n) is 3.59. The van der Waals surface area contributed by atoms with Crippen molar-refractivity contribution in [3.8, 4) is 0 Å². The number of fused-ring (bicyclic) bond motifs is 1. The van der Waals surface area contributed by atoms with Crippen LogP contribution >= 0.6 is 22.6 Å². The maximum Gasteiger partial charge on any atom is 0.243 e. The number of para-hydroxylation sites is 1. The molecule has 3 nitrogen and oxygen atoms in total. The topological polar surface area (TPSA) is 41.1 Å². The molecule has 0 spiro atoms. The van der Waals surface area contributed by atoms with Crippen LogP contribution in [0.2, 0.25) is 0 Å². The van der Waals surface area contributed by atoms with Gasteiger partial charge in [-0.2, -0.15) is 0 Å². The van der Waals surface area contributed by atoms with E-state index in [2.05, 4.69) is 33.2 Å². The normalized spacial score (nSPS) is 14.6.